The number of esters is 1. The molecule has 2 aliphatic heterocycles. The Balaban J connectivity index is 2.20. The van der Waals surface area contributed by atoms with Gasteiger partial charge in [0.05, 0.1) is 30.0 Å². The molecule has 0 saturated carbocycles. The molecule has 0 spiro atoms. The van der Waals surface area contributed by atoms with Crippen molar-refractivity contribution < 1.29 is 19.1 Å². The van der Waals surface area contributed by atoms with E-state index in [2.05, 4.69) is 5.32 Å². The molecular formula is C17H18N2O4. The Morgan fingerprint density at radius 3 is 2.70 bits per heavy atom. The SMILES string of the molecule is COC(=O)/C(=C1/NC(=O)c2c(C)cccc21)C1CCC(=O)N1C. The summed E-state index contributed by atoms with van der Waals surface area (Å²) in [5, 5.41) is 2.79. The number of ether oxygens (including phenoxy) is 1. The highest BCUT2D eigenvalue weighted by atomic mass is 16.5. The Labute approximate surface area is 134 Å². The largest absolute Gasteiger partial charge is 0.466 e. The molecule has 0 radical (unpaired) electrons. The number of carbonyl (C=O) groups is 3. The summed E-state index contributed by atoms with van der Waals surface area (Å²) in [4.78, 5) is 38.0. The number of methoxy groups -OCH3 is 1. The molecule has 2 heterocycles. The van der Waals surface area contributed by atoms with Crippen LogP contribution in [0.4, 0.5) is 0 Å². The minimum absolute atomic E-state index is 0.0224. The fourth-order valence-corrected chi connectivity index (χ4v) is 3.29. The fraction of sp³-hybridized carbons (Fsp3) is 0.353. The number of likely N-dealkylation sites (tertiary alicyclic amines) is 1. The maximum atomic E-state index is 12.4. The van der Waals surface area contributed by atoms with Gasteiger partial charge in [0, 0.05) is 19.0 Å². The van der Waals surface area contributed by atoms with Crippen molar-refractivity contribution in [2.75, 3.05) is 14.2 Å². The molecule has 0 aromatic heterocycles. The Hall–Kier alpha value is -2.63. The van der Waals surface area contributed by atoms with Crippen LogP contribution in [-0.4, -0.2) is 42.9 Å². The van der Waals surface area contributed by atoms with Crippen molar-refractivity contribution in [1.29, 1.82) is 0 Å². The lowest BCUT2D eigenvalue weighted by atomic mass is 9.96. The van der Waals surface area contributed by atoms with Crippen LogP contribution in [0, 0.1) is 6.92 Å². The molecule has 1 saturated heterocycles. The topological polar surface area (TPSA) is 75.7 Å². The van der Waals surface area contributed by atoms with Crippen molar-refractivity contribution in [1.82, 2.24) is 10.2 Å². The van der Waals surface area contributed by atoms with E-state index in [1.807, 2.05) is 19.1 Å². The molecule has 1 unspecified atom stereocenters. The van der Waals surface area contributed by atoms with Gasteiger partial charge in [-0.3, -0.25) is 9.59 Å². The van der Waals surface area contributed by atoms with Gasteiger partial charge in [-0.1, -0.05) is 18.2 Å². The molecule has 2 aliphatic rings. The van der Waals surface area contributed by atoms with Gasteiger partial charge in [-0.2, -0.15) is 0 Å². The van der Waals surface area contributed by atoms with E-state index in [0.29, 0.717) is 35.2 Å². The molecule has 6 nitrogen and oxygen atoms in total. The van der Waals surface area contributed by atoms with Crippen LogP contribution in [0.1, 0.15) is 34.3 Å². The smallest absolute Gasteiger partial charge is 0.337 e. The van der Waals surface area contributed by atoms with Gasteiger partial charge in [-0.15, -0.1) is 0 Å². The standard InChI is InChI=1S/C17H18N2O4/c1-9-5-4-6-10-13(9)16(21)18-15(10)14(17(22)23-3)11-7-8-12(20)19(11)2/h4-6,11H,7-8H2,1-3H3,(H,18,21)/b15-14+. The van der Waals surface area contributed by atoms with E-state index in [1.165, 1.54) is 7.11 Å². The molecule has 1 aromatic carbocycles. The third-order valence-corrected chi connectivity index (χ3v) is 4.51. The molecule has 1 aromatic rings. The monoisotopic (exact) mass is 314 g/mol. The number of amides is 2. The molecule has 1 N–H and O–H groups in total. The molecule has 120 valence electrons. The van der Waals surface area contributed by atoms with Gasteiger partial charge < -0.3 is 15.0 Å². The predicted octanol–water partition coefficient (Wildman–Crippen LogP) is 1.24. The van der Waals surface area contributed by atoms with Crippen LogP contribution in [0.25, 0.3) is 5.70 Å². The summed E-state index contributed by atoms with van der Waals surface area (Å²) in [6.07, 6.45) is 0.907. The summed E-state index contributed by atoms with van der Waals surface area (Å²) < 4.78 is 4.92. The van der Waals surface area contributed by atoms with E-state index in [4.69, 9.17) is 4.74 Å². The number of benzene rings is 1. The average Bonchev–Trinajstić information content (AvgIpc) is 3.03. The zero-order valence-electron chi connectivity index (χ0n) is 13.3. The lowest BCUT2D eigenvalue weighted by Crippen LogP contribution is -2.35. The van der Waals surface area contributed by atoms with Gasteiger partial charge in [0.1, 0.15) is 0 Å². The number of fused-ring (bicyclic) bond motifs is 1. The molecule has 0 bridgehead atoms. The fourth-order valence-electron chi connectivity index (χ4n) is 3.29. The number of nitrogens with zero attached hydrogens (tertiary/aromatic N) is 1. The van der Waals surface area contributed by atoms with Crippen LogP contribution in [0.2, 0.25) is 0 Å². The zero-order chi connectivity index (χ0) is 16.7. The highest BCUT2D eigenvalue weighted by Gasteiger charge is 2.39. The van der Waals surface area contributed by atoms with Crippen molar-refractivity contribution in [3.05, 3.63) is 40.5 Å². The normalized spacial score (nSPS) is 22.0. The zero-order valence-corrected chi connectivity index (χ0v) is 13.3. The van der Waals surface area contributed by atoms with Crippen molar-refractivity contribution in [3.8, 4) is 0 Å². The lowest BCUT2D eigenvalue weighted by molar-refractivity contribution is -0.136. The molecule has 1 atom stereocenters. The van der Waals surface area contributed by atoms with E-state index in [1.54, 1.807) is 18.0 Å². The van der Waals surface area contributed by atoms with Crippen molar-refractivity contribution in [2.45, 2.75) is 25.8 Å². The molecule has 2 amide bonds. The minimum Gasteiger partial charge on any atom is -0.466 e. The summed E-state index contributed by atoms with van der Waals surface area (Å²) >= 11 is 0. The number of hydrogen-bond acceptors (Lipinski definition) is 4. The molecule has 6 heteroatoms. The second-order valence-corrected chi connectivity index (χ2v) is 5.79. The number of nitrogens with one attached hydrogen (secondary N) is 1. The van der Waals surface area contributed by atoms with Crippen LogP contribution in [0.5, 0.6) is 0 Å². The van der Waals surface area contributed by atoms with E-state index in [-0.39, 0.29) is 11.8 Å². The second kappa shape index (κ2) is 5.53. The summed E-state index contributed by atoms with van der Waals surface area (Å²) in [7, 11) is 2.96. The van der Waals surface area contributed by atoms with Gasteiger partial charge in [0.15, 0.2) is 0 Å². The van der Waals surface area contributed by atoms with E-state index in [9.17, 15) is 14.4 Å². The first-order chi connectivity index (χ1) is 11.0. The molecule has 0 aliphatic carbocycles. The Bertz CT molecular complexity index is 751. The number of aryl methyl sites for hydroxylation is 1. The summed E-state index contributed by atoms with van der Waals surface area (Å²) in [6.45, 7) is 1.85. The minimum atomic E-state index is -0.527. The first kappa shape index (κ1) is 15.3. The quantitative estimate of drug-likeness (QED) is 0.658. The second-order valence-electron chi connectivity index (χ2n) is 5.79. The molecule has 3 rings (SSSR count). The maximum absolute atomic E-state index is 12.4. The van der Waals surface area contributed by atoms with Crippen molar-refractivity contribution >= 4 is 23.5 Å². The predicted molar refractivity (Wildman–Crippen MR) is 83.4 cm³/mol. The van der Waals surface area contributed by atoms with Crippen LogP contribution >= 0.6 is 0 Å². The summed E-state index contributed by atoms with van der Waals surface area (Å²) in [5.41, 5.74) is 2.87. The van der Waals surface area contributed by atoms with Gasteiger partial charge >= 0.3 is 5.97 Å². The highest BCUT2D eigenvalue weighted by Crippen LogP contribution is 2.34. The Kier molecular flexibility index (Phi) is 3.67. The average molecular weight is 314 g/mol. The van der Waals surface area contributed by atoms with Crippen molar-refractivity contribution in [3.63, 3.8) is 0 Å². The third kappa shape index (κ3) is 2.30. The van der Waals surface area contributed by atoms with Crippen molar-refractivity contribution in [2.24, 2.45) is 0 Å². The first-order valence-corrected chi connectivity index (χ1v) is 7.45. The van der Waals surface area contributed by atoms with E-state index < -0.39 is 12.0 Å². The Morgan fingerprint density at radius 2 is 2.09 bits per heavy atom. The van der Waals surface area contributed by atoms with Gasteiger partial charge in [0.2, 0.25) is 5.91 Å². The van der Waals surface area contributed by atoms with Crippen LogP contribution in [0.3, 0.4) is 0 Å². The lowest BCUT2D eigenvalue weighted by Gasteiger charge is -2.23. The number of carbonyl (C=O) groups excluding carboxylic acids is 3. The van der Waals surface area contributed by atoms with Crippen LogP contribution < -0.4 is 5.32 Å². The van der Waals surface area contributed by atoms with Gasteiger partial charge in [-0.05, 0) is 18.9 Å². The van der Waals surface area contributed by atoms with E-state index in [0.717, 1.165) is 5.56 Å². The highest BCUT2D eigenvalue weighted by molar-refractivity contribution is 6.14. The molecule has 23 heavy (non-hydrogen) atoms. The summed E-state index contributed by atoms with van der Waals surface area (Å²) in [6, 6.07) is 5.10. The maximum Gasteiger partial charge on any atom is 0.337 e. The summed E-state index contributed by atoms with van der Waals surface area (Å²) in [5.74, 6) is -0.784. The van der Waals surface area contributed by atoms with Gasteiger partial charge in [0.25, 0.3) is 5.91 Å². The number of likely N-dealkylation sites (N-methyl/N-ethyl adjacent to an activating group) is 1. The molecular weight excluding hydrogens is 296 g/mol. The number of rotatable bonds is 2. The number of hydrogen-bond donors (Lipinski definition) is 1. The van der Waals surface area contributed by atoms with E-state index >= 15 is 0 Å². The van der Waals surface area contributed by atoms with Gasteiger partial charge in [-0.25, -0.2) is 4.79 Å². The van der Waals surface area contributed by atoms with Crippen LogP contribution in [0.15, 0.2) is 23.8 Å². The third-order valence-electron chi connectivity index (χ3n) is 4.51. The van der Waals surface area contributed by atoms with Crippen LogP contribution in [-0.2, 0) is 14.3 Å². The molecule has 1 fully saturated rings. The Morgan fingerprint density at radius 1 is 1.35 bits per heavy atom. The first-order valence-electron chi connectivity index (χ1n) is 7.45.